The topological polar surface area (TPSA) is 88.6 Å². The molecule has 0 bridgehead atoms. The van der Waals surface area contributed by atoms with Gasteiger partial charge in [-0.05, 0) is 78.9 Å². The predicted molar refractivity (Wildman–Crippen MR) is 149 cm³/mol. The molecule has 4 aromatic rings. The van der Waals surface area contributed by atoms with Gasteiger partial charge in [-0.2, -0.15) is 0 Å². The second-order valence-corrected chi connectivity index (χ2v) is 9.60. The van der Waals surface area contributed by atoms with Crippen molar-refractivity contribution in [2.75, 3.05) is 39.2 Å². The summed E-state index contributed by atoms with van der Waals surface area (Å²) >= 11 is 0. The first-order chi connectivity index (χ1) is 18.9. The molecule has 1 aliphatic heterocycles. The Morgan fingerprint density at radius 2 is 1.85 bits per heavy atom. The van der Waals surface area contributed by atoms with Crippen molar-refractivity contribution in [3.63, 3.8) is 0 Å². The fourth-order valence-electron chi connectivity index (χ4n) is 5.14. The average Bonchev–Trinajstić information content (AvgIpc) is 2.94. The van der Waals surface area contributed by atoms with Crippen LogP contribution in [0.2, 0.25) is 0 Å². The molecule has 0 saturated carbocycles. The average molecular weight is 530 g/mol. The number of pyridine rings is 2. The number of nitrogens with zero attached hydrogens (tertiary/aromatic N) is 3. The monoisotopic (exact) mass is 529 g/mol. The summed E-state index contributed by atoms with van der Waals surface area (Å²) in [6, 6.07) is 16.0. The van der Waals surface area contributed by atoms with E-state index in [0.717, 1.165) is 35.2 Å². The van der Waals surface area contributed by atoms with Gasteiger partial charge in [-0.25, -0.2) is 19.2 Å². The molecule has 8 nitrogen and oxygen atoms in total. The number of ether oxygens (including phenoxy) is 2. The lowest BCUT2D eigenvalue weighted by Crippen LogP contribution is -2.42. The Bertz CT molecular complexity index is 1480. The van der Waals surface area contributed by atoms with Gasteiger partial charge in [0.05, 0.1) is 19.9 Å². The molecule has 3 heterocycles. The minimum absolute atomic E-state index is 0.0299. The van der Waals surface area contributed by atoms with Crippen LogP contribution in [0.5, 0.6) is 11.5 Å². The van der Waals surface area contributed by atoms with E-state index in [2.05, 4.69) is 25.5 Å². The van der Waals surface area contributed by atoms with E-state index in [1.54, 1.807) is 26.5 Å². The van der Waals surface area contributed by atoms with Gasteiger partial charge in [0.2, 0.25) is 0 Å². The Kier molecular flexibility index (Phi) is 7.88. The lowest BCUT2D eigenvalue weighted by Gasteiger charge is -2.38. The molecular weight excluding hydrogens is 497 g/mol. The highest BCUT2D eigenvalue weighted by Gasteiger charge is 2.29. The number of urea groups is 1. The van der Waals surface area contributed by atoms with Crippen LogP contribution in [0.3, 0.4) is 0 Å². The quantitative estimate of drug-likeness (QED) is 0.332. The zero-order valence-electron chi connectivity index (χ0n) is 22.3. The molecule has 1 unspecified atom stereocenters. The van der Waals surface area contributed by atoms with Crippen molar-refractivity contribution < 1.29 is 18.7 Å². The third-order valence-electron chi connectivity index (χ3n) is 7.13. The molecule has 1 aliphatic rings. The van der Waals surface area contributed by atoms with Crippen LogP contribution < -0.4 is 20.1 Å². The first kappa shape index (κ1) is 26.4. The fourth-order valence-corrected chi connectivity index (χ4v) is 5.14. The number of aryl methyl sites for hydroxylation is 1. The summed E-state index contributed by atoms with van der Waals surface area (Å²) in [6.45, 7) is 3.82. The second-order valence-electron chi connectivity index (χ2n) is 9.60. The number of amides is 2. The highest BCUT2D eigenvalue weighted by molar-refractivity contribution is 5.99. The first-order valence-electron chi connectivity index (χ1n) is 13.0. The maximum Gasteiger partial charge on any atom is 0.319 e. The zero-order chi connectivity index (χ0) is 27.4. The molecule has 9 heteroatoms. The lowest BCUT2D eigenvalue weighted by molar-refractivity contribution is 0.183. The van der Waals surface area contributed by atoms with Gasteiger partial charge >= 0.3 is 6.03 Å². The van der Waals surface area contributed by atoms with E-state index < -0.39 is 0 Å². The number of fused-ring (bicyclic) bond motifs is 2. The number of carbonyl (C=O) groups is 1. The van der Waals surface area contributed by atoms with E-state index in [9.17, 15) is 9.18 Å². The minimum Gasteiger partial charge on any atom is -0.493 e. The van der Waals surface area contributed by atoms with Gasteiger partial charge in [-0.3, -0.25) is 4.90 Å². The molecule has 1 atom stereocenters. The summed E-state index contributed by atoms with van der Waals surface area (Å²) in [6.07, 6.45) is 3.18. The van der Waals surface area contributed by atoms with Crippen molar-refractivity contribution in [1.29, 1.82) is 0 Å². The largest absolute Gasteiger partial charge is 0.493 e. The normalized spacial score (nSPS) is 15.0. The third kappa shape index (κ3) is 5.93. The van der Waals surface area contributed by atoms with Crippen LogP contribution in [0.25, 0.3) is 11.0 Å². The second kappa shape index (κ2) is 11.7. The summed E-state index contributed by atoms with van der Waals surface area (Å²) in [5.41, 5.74) is 5.51. The Hall–Kier alpha value is -4.24. The van der Waals surface area contributed by atoms with Crippen LogP contribution in [0, 0.1) is 12.7 Å². The molecule has 2 N–H and O–H groups in total. The number of rotatable bonds is 8. The molecule has 2 aromatic heterocycles. The number of benzene rings is 2. The number of nitrogens with one attached hydrogen (secondary N) is 2. The van der Waals surface area contributed by atoms with Gasteiger partial charge in [0.15, 0.2) is 17.1 Å². The lowest BCUT2D eigenvalue weighted by atomic mass is 9.88. The van der Waals surface area contributed by atoms with Gasteiger partial charge in [-0.1, -0.05) is 12.1 Å². The molecule has 2 amide bonds. The summed E-state index contributed by atoms with van der Waals surface area (Å²) in [4.78, 5) is 23.9. The van der Waals surface area contributed by atoms with Crippen molar-refractivity contribution in [2.45, 2.75) is 25.8 Å². The van der Waals surface area contributed by atoms with E-state index in [1.807, 2.05) is 43.3 Å². The van der Waals surface area contributed by atoms with Gasteiger partial charge in [0.1, 0.15) is 5.82 Å². The van der Waals surface area contributed by atoms with Crippen molar-refractivity contribution in [3.8, 4) is 11.5 Å². The molecule has 0 aliphatic carbocycles. The number of hydrogen-bond acceptors (Lipinski definition) is 6. The Balaban J connectivity index is 1.30. The highest BCUT2D eigenvalue weighted by Crippen LogP contribution is 2.39. The maximum absolute atomic E-state index is 13.6. The SMILES string of the molecule is COc1cc2c(cc1OC)C(Cc1ccc(F)cc1)N(CCNC(=O)Nc1ccnc3nc(C)ccc13)CC2. The van der Waals surface area contributed by atoms with E-state index in [1.165, 1.54) is 17.7 Å². The van der Waals surface area contributed by atoms with Gasteiger partial charge in [0.25, 0.3) is 0 Å². The molecule has 2 aromatic carbocycles. The third-order valence-corrected chi connectivity index (χ3v) is 7.13. The molecule has 0 fully saturated rings. The van der Waals surface area contributed by atoms with Crippen LogP contribution in [0.4, 0.5) is 14.9 Å². The van der Waals surface area contributed by atoms with Crippen molar-refractivity contribution in [2.24, 2.45) is 0 Å². The van der Waals surface area contributed by atoms with Crippen molar-refractivity contribution in [1.82, 2.24) is 20.2 Å². The number of methoxy groups -OCH3 is 2. The van der Waals surface area contributed by atoms with Crippen LogP contribution in [-0.2, 0) is 12.8 Å². The first-order valence-corrected chi connectivity index (χ1v) is 13.0. The highest BCUT2D eigenvalue weighted by atomic mass is 19.1. The van der Waals surface area contributed by atoms with Gasteiger partial charge < -0.3 is 20.1 Å². The Labute approximate surface area is 227 Å². The molecule has 5 rings (SSSR count). The van der Waals surface area contributed by atoms with E-state index in [-0.39, 0.29) is 17.9 Å². The molecule has 202 valence electrons. The van der Waals surface area contributed by atoms with E-state index in [4.69, 9.17) is 9.47 Å². The number of halogens is 1. The molecular formula is C30H32FN5O3. The number of hydrogen-bond donors (Lipinski definition) is 2. The zero-order valence-corrected chi connectivity index (χ0v) is 22.3. The molecule has 0 radical (unpaired) electrons. The summed E-state index contributed by atoms with van der Waals surface area (Å²) < 4.78 is 24.7. The summed E-state index contributed by atoms with van der Waals surface area (Å²) in [7, 11) is 3.27. The molecule has 39 heavy (non-hydrogen) atoms. The Morgan fingerprint density at radius 3 is 2.62 bits per heavy atom. The van der Waals surface area contributed by atoms with Crippen molar-refractivity contribution >= 4 is 22.8 Å². The van der Waals surface area contributed by atoms with Crippen molar-refractivity contribution in [3.05, 3.63) is 89.0 Å². The Morgan fingerprint density at radius 1 is 1.08 bits per heavy atom. The number of carbonyl (C=O) groups excluding carboxylic acids is 1. The smallest absolute Gasteiger partial charge is 0.319 e. The molecule has 0 saturated heterocycles. The number of aromatic nitrogens is 2. The number of anilines is 1. The van der Waals surface area contributed by atoms with Gasteiger partial charge in [0, 0.05) is 43.0 Å². The maximum atomic E-state index is 13.6. The van der Waals surface area contributed by atoms with E-state index >= 15 is 0 Å². The van der Waals surface area contributed by atoms with Crippen LogP contribution in [-0.4, -0.2) is 54.8 Å². The fraction of sp³-hybridized carbons (Fsp3) is 0.300. The van der Waals surface area contributed by atoms with Gasteiger partial charge in [-0.15, -0.1) is 0 Å². The molecule has 0 spiro atoms. The minimum atomic E-state index is -0.290. The van der Waals surface area contributed by atoms with Crippen LogP contribution in [0.15, 0.2) is 60.8 Å². The van der Waals surface area contributed by atoms with Crippen LogP contribution >= 0.6 is 0 Å². The standard InChI is InChI=1S/C30H32FN5O3/c1-19-4-9-23-25(10-12-32-29(23)34-19)35-30(37)33-13-15-36-14-11-21-17-27(38-2)28(39-3)18-24(21)26(36)16-20-5-7-22(31)8-6-20/h4-10,12,17-18,26H,11,13-16H2,1-3H3,(H2,32,33,34,35,37). The van der Waals surface area contributed by atoms with Crippen LogP contribution in [0.1, 0.15) is 28.4 Å². The summed E-state index contributed by atoms with van der Waals surface area (Å²) in [5.74, 6) is 1.13. The predicted octanol–water partition coefficient (Wildman–Crippen LogP) is 5.06. The van der Waals surface area contributed by atoms with E-state index in [0.29, 0.717) is 42.3 Å². The summed E-state index contributed by atoms with van der Waals surface area (Å²) in [5, 5.41) is 6.70.